The molecule has 4 N–H and O–H groups in total. The molecule has 0 bridgehead atoms. The van der Waals surface area contributed by atoms with Gasteiger partial charge in [0.15, 0.2) is 5.96 Å². The molecule has 0 unspecified atom stereocenters. The number of guanidine groups is 1. The van der Waals surface area contributed by atoms with E-state index in [4.69, 9.17) is 15.6 Å². The van der Waals surface area contributed by atoms with Crippen LogP contribution >= 0.6 is 0 Å². The van der Waals surface area contributed by atoms with Crippen LogP contribution in [-0.2, 0) is 17.9 Å². The average molecular weight is 324 g/mol. The van der Waals surface area contributed by atoms with E-state index in [9.17, 15) is 4.39 Å². The van der Waals surface area contributed by atoms with Gasteiger partial charge in [-0.3, -0.25) is 4.90 Å². The summed E-state index contributed by atoms with van der Waals surface area (Å²) in [7, 11) is 0. The minimum absolute atomic E-state index is 0.273. The van der Waals surface area contributed by atoms with Gasteiger partial charge in [-0.15, -0.1) is 0 Å². The van der Waals surface area contributed by atoms with E-state index in [1.165, 1.54) is 6.07 Å². The molecule has 1 aromatic carbocycles. The van der Waals surface area contributed by atoms with Crippen LogP contribution in [-0.4, -0.2) is 55.4 Å². The lowest BCUT2D eigenvalue weighted by Gasteiger charge is -2.26. The average Bonchev–Trinajstić information content (AvgIpc) is 2.59. The minimum atomic E-state index is -0.408. The number of aliphatic hydroxyl groups is 1. The van der Waals surface area contributed by atoms with Crippen molar-refractivity contribution in [3.05, 3.63) is 35.1 Å². The van der Waals surface area contributed by atoms with E-state index < -0.39 is 5.82 Å². The summed E-state index contributed by atoms with van der Waals surface area (Å²) in [5.74, 6) is -0.0312. The largest absolute Gasteiger partial charge is 0.392 e. The number of hydrogen-bond donors (Lipinski definition) is 3. The molecule has 1 heterocycles. The second-order valence-corrected chi connectivity index (χ2v) is 5.52. The van der Waals surface area contributed by atoms with Gasteiger partial charge in [-0.2, -0.15) is 0 Å². The van der Waals surface area contributed by atoms with Gasteiger partial charge in [0.2, 0.25) is 0 Å². The van der Waals surface area contributed by atoms with Crippen molar-refractivity contribution in [2.24, 2.45) is 10.7 Å². The van der Waals surface area contributed by atoms with Crippen molar-refractivity contribution in [1.29, 1.82) is 0 Å². The van der Waals surface area contributed by atoms with Crippen LogP contribution in [0.3, 0.4) is 0 Å². The van der Waals surface area contributed by atoms with Gasteiger partial charge in [0.1, 0.15) is 5.82 Å². The summed E-state index contributed by atoms with van der Waals surface area (Å²) in [6.07, 6.45) is 0.988. The lowest BCUT2D eigenvalue weighted by Crippen LogP contribution is -2.39. The van der Waals surface area contributed by atoms with Crippen molar-refractivity contribution in [3.63, 3.8) is 0 Å². The van der Waals surface area contributed by atoms with E-state index in [1.54, 1.807) is 12.1 Å². The van der Waals surface area contributed by atoms with Crippen LogP contribution in [0.1, 0.15) is 17.5 Å². The van der Waals surface area contributed by atoms with Gasteiger partial charge >= 0.3 is 0 Å². The van der Waals surface area contributed by atoms with Crippen molar-refractivity contribution in [1.82, 2.24) is 10.2 Å². The van der Waals surface area contributed by atoms with Gasteiger partial charge in [0.25, 0.3) is 0 Å². The first-order valence-corrected chi connectivity index (χ1v) is 7.91. The van der Waals surface area contributed by atoms with Crippen molar-refractivity contribution in [2.75, 3.05) is 39.4 Å². The molecule has 0 aliphatic carbocycles. The fourth-order valence-electron chi connectivity index (χ4n) is 2.42. The predicted molar refractivity (Wildman–Crippen MR) is 87.5 cm³/mol. The molecule has 7 heteroatoms. The zero-order valence-electron chi connectivity index (χ0n) is 13.3. The molecule has 1 aliphatic rings. The van der Waals surface area contributed by atoms with Crippen LogP contribution < -0.4 is 11.1 Å². The van der Waals surface area contributed by atoms with Gasteiger partial charge in [-0.1, -0.05) is 6.07 Å². The summed E-state index contributed by atoms with van der Waals surface area (Å²) < 4.78 is 18.6. The van der Waals surface area contributed by atoms with Gasteiger partial charge in [0, 0.05) is 25.2 Å². The lowest BCUT2D eigenvalue weighted by molar-refractivity contribution is 0.0376. The SMILES string of the molecule is NC(=NCc1ccc(F)c(CO)c1)NCCCN1CCOCC1. The maximum absolute atomic E-state index is 13.3. The van der Waals surface area contributed by atoms with Gasteiger partial charge in [-0.05, 0) is 30.7 Å². The first-order chi connectivity index (χ1) is 11.2. The molecule has 0 radical (unpaired) electrons. The first-order valence-electron chi connectivity index (χ1n) is 7.91. The highest BCUT2D eigenvalue weighted by Crippen LogP contribution is 2.11. The van der Waals surface area contributed by atoms with E-state index in [0.717, 1.165) is 51.4 Å². The molecule has 0 saturated carbocycles. The smallest absolute Gasteiger partial charge is 0.188 e. The number of aliphatic hydroxyl groups excluding tert-OH is 1. The lowest BCUT2D eigenvalue weighted by atomic mass is 10.1. The number of rotatable bonds is 7. The Kier molecular flexibility index (Phi) is 7.25. The van der Waals surface area contributed by atoms with Crippen molar-refractivity contribution < 1.29 is 14.2 Å². The molecule has 0 atom stereocenters. The first kappa shape index (κ1) is 17.7. The molecule has 6 nitrogen and oxygen atoms in total. The van der Waals surface area contributed by atoms with Crippen molar-refractivity contribution in [3.8, 4) is 0 Å². The molecular weight excluding hydrogens is 299 g/mol. The Morgan fingerprint density at radius 3 is 2.91 bits per heavy atom. The van der Waals surface area contributed by atoms with E-state index >= 15 is 0 Å². The summed E-state index contributed by atoms with van der Waals surface area (Å²) in [6.45, 7) is 5.41. The number of hydrogen-bond acceptors (Lipinski definition) is 4. The van der Waals surface area contributed by atoms with Crippen LogP contribution in [0.4, 0.5) is 4.39 Å². The van der Waals surface area contributed by atoms with Crippen LogP contribution in [0.2, 0.25) is 0 Å². The minimum Gasteiger partial charge on any atom is -0.392 e. The summed E-state index contributed by atoms with van der Waals surface area (Å²) in [4.78, 5) is 6.60. The molecule has 0 spiro atoms. The third-order valence-electron chi connectivity index (χ3n) is 3.77. The van der Waals surface area contributed by atoms with Crippen molar-refractivity contribution >= 4 is 5.96 Å². The quantitative estimate of drug-likeness (QED) is 0.385. The monoisotopic (exact) mass is 324 g/mol. The summed E-state index contributed by atoms with van der Waals surface area (Å²) in [5.41, 5.74) is 6.91. The van der Waals surface area contributed by atoms with Crippen LogP contribution in [0.25, 0.3) is 0 Å². The molecule has 1 aliphatic heterocycles. The number of aliphatic imine (C=N–C) groups is 1. The van der Waals surface area contributed by atoms with Gasteiger partial charge in [-0.25, -0.2) is 9.38 Å². The van der Waals surface area contributed by atoms with Crippen LogP contribution in [0, 0.1) is 5.82 Å². The standard InChI is InChI=1S/C16H25FN4O2/c17-15-3-2-13(10-14(15)12-22)11-20-16(18)19-4-1-5-21-6-8-23-9-7-21/h2-3,10,22H,1,4-9,11-12H2,(H3,18,19,20). The second-order valence-electron chi connectivity index (χ2n) is 5.52. The fraction of sp³-hybridized carbons (Fsp3) is 0.562. The number of ether oxygens (including phenoxy) is 1. The highest BCUT2D eigenvalue weighted by molar-refractivity contribution is 5.77. The van der Waals surface area contributed by atoms with Crippen LogP contribution in [0.5, 0.6) is 0 Å². The molecular formula is C16H25FN4O2. The molecule has 0 amide bonds. The normalized spacial score (nSPS) is 16.5. The van der Waals surface area contributed by atoms with E-state index in [2.05, 4.69) is 15.2 Å². The summed E-state index contributed by atoms with van der Waals surface area (Å²) >= 11 is 0. The summed E-state index contributed by atoms with van der Waals surface area (Å²) in [6, 6.07) is 4.58. The number of nitrogens with two attached hydrogens (primary N) is 1. The molecule has 0 aromatic heterocycles. The molecule has 1 aromatic rings. The number of nitrogens with zero attached hydrogens (tertiary/aromatic N) is 2. The molecule has 1 fully saturated rings. The molecule has 23 heavy (non-hydrogen) atoms. The van der Waals surface area contributed by atoms with Gasteiger partial charge in [0.05, 0.1) is 26.4 Å². The molecule has 2 rings (SSSR count). The Balaban J connectivity index is 1.68. The highest BCUT2D eigenvalue weighted by Gasteiger charge is 2.09. The third kappa shape index (κ3) is 6.13. The predicted octanol–water partition coefficient (Wildman–Crippen LogP) is 0.445. The number of morpholine rings is 1. The highest BCUT2D eigenvalue weighted by atomic mass is 19.1. The fourth-order valence-corrected chi connectivity index (χ4v) is 2.42. The maximum atomic E-state index is 13.3. The Hall–Kier alpha value is -1.70. The molecule has 128 valence electrons. The zero-order valence-corrected chi connectivity index (χ0v) is 13.3. The van der Waals surface area contributed by atoms with Gasteiger partial charge < -0.3 is 20.9 Å². The zero-order chi connectivity index (χ0) is 16.5. The Morgan fingerprint density at radius 2 is 2.17 bits per heavy atom. The maximum Gasteiger partial charge on any atom is 0.188 e. The Morgan fingerprint density at radius 1 is 1.39 bits per heavy atom. The molecule has 1 saturated heterocycles. The number of nitrogens with one attached hydrogen (secondary N) is 1. The van der Waals surface area contributed by atoms with E-state index in [-0.39, 0.29) is 12.2 Å². The number of benzene rings is 1. The second kappa shape index (κ2) is 9.44. The summed E-state index contributed by atoms with van der Waals surface area (Å²) in [5, 5.41) is 12.1. The number of halogens is 1. The third-order valence-corrected chi connectivity index (χ3v) is 3.77. The van der Waals surface area contributed by atoms with Crippen molar-refractivity contribution in [2.45, 2.75) is 19.6 Å². The van der Waals surface area contributed by atoms with E-state index in [1.807, 2.05) is 0 Å². The Labute approximate surface area is 136 Å². The van der Waals surface area contributed by atoms with E-state index in [0.29, 0.717) is 12.5 Å². The topological polar surface area (TPSA) is 83.1 Å². The Bertz CT molecular complexity index is 519. The van der Waals surface area contributed by atoms with Crippen LogP contribution in [0.15, 0.2) is 23.2 Å².